The van der Waals surface area contributed by atoms with Crippen LogP contribution in [0.25, 0.3) is 0 Å². The molecule has 1 fully saturated rings. The second kappa shape index (κ2) is 5.89. The first-order chi connectivity index (χ1) is 9.33. The Kier molecular flexibility index (Phi) is 4.59. The Labute approximate surface area is 125 Å². The summed E-state index contributed by atoms with van der Waals surface area (Å²) in [5.74, 6) is 1.48. The largest absolute Gasteiger partial charge is 0.382 e. The summed E-state index contributed by atoms with van der Waals surface area (Å²) in [7, 11) is -3.33. The standard InChI is InChI=1S/C13H23N3O2S2/c1-4-20(17,18)11-12(14)16-19-13(11)15-10-6-8(2)5-9(3)7-10/h8-10,15H,4-7H2,1-3H3,(H2,14,16). The van der Waals surface area contributed by atoms with E-state index in [-0.39, 0.29) is 16.5 Å². The lowest BCUT2D eigenvalue weighted by molar-refractivity contribution is 0.281. The van der Waals surface area contributed by atoms with Gasteiger partial charge in [-0.3, -0.25) is 0 Å². The number of nitrogen functional groups attached to an aromatic ring is 1. The maximum absolute atomic E-state index is 12.1. The predicted molar refractivity (Wildman–Crippen MR) is 83.8 cm³/mol. The maximum atomic E-state index is 12.1. The van der Waals surface area contributed by atoms with Gasteiger partial charge in [0.2, 0.25) is 0 Å². The molecule has 114 valence electrons. The maximum Gasteiger partial charge on any atom is 0.184 e. The summed E-state index contributed by atoms with van der Waals surface area (Å²) in [6, 6.07) is 0.305. The highest BCUT2D eigenvalue weighted by atomic mass is 32.2. The van der Waals surface area contributed by atoms with Crippen LogP contribution in [0, 0.1) is 11.8 Å². The Morgan fingerprint density at radius 1 is 1.30 bits per heavy atom. The molecule has 1 aromatic rings. The van der Waals surface area contributed by atoms with Gasteiger partial charge in [-0.15, -0.1) is 0 Å². The third kappa shape index (κ3) is 3.25. The van der Waals surface area contributed by atoms with Crippen molar-refractivity contribution in [3.63, 3.8) is 0 Å². The second-order valence-electron chi connectivity index (χ2n) is 5.89. The van der Waals surface area contributed by atoms with Crippen molar-refractivity contribution in [1.82, 2.24) is 4.37 Å². The minimum absolute atomic E-state index is 0.0434. The fourth-order valence-corrected chi connectivity index (χ4v) is 5.31. The van der Waals surface area contributed by atoms with Crippen LogP contribution < -0.4 is 11.1 Å². The molecule has 3 N–H and O–H groups in total. The summed E-state index contributed by atoms with van der Waals surface area (Å²) < 4.78 is 28.3. The van der Waals surface area contributed by atoms with E-state index in [0.717, 1.165) is 24.4 Å². The predicted octanol–water partition coefficient (Wildman–Crippen LogP) is 2.76. The highest BCUT2D eigenvalue weighted by Gasteiger charge is 2.28. The number of aromatic nitrogens is 1. The first-order valence-electron chi connectivity index (χ1n) is 7.08. The van der Waals surface area contributed by atoms with Crippen LogP contribution in [0.15, 0.2) is 4.90 Å². The number of anilines is 2. The quantitative estimate of drug-likeness (QED) is 0.892. The molecule has 0 saturated heterocycles. The summed E-state index contributed by atoms with van der Waals surface area (Å²) >= 11 is 1.15. The summed E-state index contributed by atoms with van der Waals surface area (Å²) in [5.41, 5.74) is 5.74. The van der Waals surface area contributed by atoms with E-state index in [4.69, 9.17) is 5.73 Å². The van der Waals surface area contributed by atoms with Gasteiger partial charge in [-0.1, -0.05) is 20.8 Å². The summed E-state index contributed by atoms with van der Waals surface area (Å²) in [6.45, 7) is 6.12. The van der Waals surface area contributed by atoms with Crippen molar-refractivity contribution in [3.05, 3.63) is 0 Å². The van der Waals surface area contributed by atoms with Gasteiger partial charge in [0.1, 0.15) is 9.90 Å². The second-order valence-corrected chi connectivity index (χ2v) is 8.88. The van der Waals surface area contributed by atoms with E-state index >= 15 is 0 Å². The SMILES string of the molecule is CCS(=O)(=O)c1c(N)nsc1NC1CC(C)CC(C)C1. The van der Waals surface area contributed by atoms with Gasteiger partial charge in [-0.05, 0) is 42.6 Å². The Morgan fingerprint density at radius 2 is 1.90 bits per heavy atom. The van der Waals surface area contributed by atoms with Gasteiger partial charge < -0.3 is 11.1 Å². The molecule has 0 amide bonds. The van der Waals surface area contributed by atoms with Crippen LogP contribution in [-0.2, 0) is 9.84 Å². The number of sulfone groups is 1. The molecule has 0 radical (unpaired) electrons. The van der Waals surface area contributed by atoms with Gasteiger partial charge >= 0.3 is 0 Å². The molecule has 0 aromatic carbocycles. The fourth-order valence-electron chi connectivity index (χ4n) is 3.08. The molecule has 0 bridgehead atoms. The number of nitrogens with zero attached hydrogens (tertiary/aromatic N) is 1. The van der Waals surface area contributed by atoms with Crippen molar-refractivity contribution < 1.29 is 8.42 Å². The molecule has 2 rings (SSSR count). The van der Waals surface area contributed by atoms with Crippen molar-refractivity contribution in [3.8, 4) is 0 Å². The highest BCUT2D eigenvalue weighted by Crippen LogP contribution is 2.36. The van der Waals surface area contributed by atoms with Crippen LogP contribution in [0.2, 0.25) is 0 Å². The van der Waals surface area contributed by atoms with E-state index in [0.29, 0.717) is 22.9 Å². The average Bonchev–Trinajstić information content (AvgIpc) is 2.69. The molecule has 20 heavy (non-hydrogen) atoms. The van der Waals surface area contributed by atoms with E-state index in [1.807, 2.05) is 0 Å². The number of rotatable bonds is 4. The molecule has 1 aliphatic carbocycles. The fraction of sp³-hybridized carbons (Fsp3) is 0.769. The topological polar surface area (TPSA) is 85.1 Å². The van der Waals surface area contributed by atoms with Crippen molar-refractivity contribution in [2.24, 2.45) is 11.8 Å². The van der Waals surface area contributed by atoms with Crippen LogP contribution >= 0.6 is 11.5 Å². The zero-order chi connectivity index (χ0) is 14.9. The molecule has 5 nitrogen and oxygen atoms in total. The molecular weight excluding hydrogens is 294 g/mol. The zero-order valence-electron chi connectivity index (χ0n) is 12.2. The van der Waals surface area contributed by atoms with Crippen LogP contribution in [-0.4, -0.2) is 24.6 Å². The molecule has 0 spiro atoms. The zero-order valence-corrected chi connectivity index (χ0v) is 13.9. The lowest BCUT2D eigenvalue weighted by Gasteiger charge is -2.32. The molecule has 2 atom stereocenters. The van der Waals surface area contributed by atoms with Gasteiger partial charge in [-0.2, -0.15) is 4.37 Å². The molecule has 0 aliphatic heterocycles. The minimum Gasteiger partial charge on any atom is -0.382 e. The third-order valence-corrected chi connectivity index (χ3v) is 6.60. The first kappa shape index (κ1) is 15.6. The van der Waals surface area contributed by atoms with Crippen LogP contribution in [0.3, 0.4) is 0 Å². The molecular formula is C13H23N3O2S2. The average molecular weight is 317 g/mol. The van der Waals surface area contributed by atoms with Crippen LogP contribution in [0.1, 0.15) is 40.0 Å². The van der Waals surface area contributed by atoms with E-state index in [9.17, 15) is 8.42 Å². The number of hydrogen-bond donors (Lipinski definition) is 2. The smallest absolute Gasteiger partial charge is 0.184 e. The van der Waals surface area contributed by atoms with E-state index < -0.39 is 9.84 Å². The summed E-state index contributed by atoms with van der Waals surface area (Å²) in [5, 5.41) is 3.98. The van der Waals surface area contributed by atoms with E-state index in [1.165, 1.54) is 6.42 Å². The molecule has 2 unspecified atom stereocenters. The van der Waals surface area contributed by atoms with Gasteiger partial charge in [0, 0.05) is 6.04 Å². The number of nitrogens with one attached hydrogen (secondary N) is 1. The Balaban J connectivity index is 2.22. The lowest BCUT2D eigenvalue weighted by Crippen LogP contribution is -2.30. The van der Waals surface area contributed by atoms with Crippen molar-refractivity contribution in [2.45, 2.75) is 51.0 Å². The van der Waals surface area contributed by atoms with Gasteiger partial charge in [0.25, 0.3) is 0 Å². The van der Waals surface area contributed by atoms with Gasteiger partial charge in [0.15, 0.2) is 15.7 Å². The summed E-state index contributed by atoms with van der Waals surface area (Å²) in [6.07, 6.45) is 3.37. The third-order valence-electron chi connectivity index (χ3n) is 3.88. The van der Waals surface area contributed by atoms with E-state index in [2.05, 4.69) is 23.5 Å². The Hall–Kier alpha value is -0.820. The Bertz CT molecular complexity index is 558. The van der Waals surface area contributed by atoms with E-state index in [1.54, 1.807) is 6.92 Å². The number of nitrogens with two attached hydrogens (primary N) is 1. The van der Waals surface area contributed by atoms with Crippen molar-refractivity contribution >= 4 is 32.2 Å². The minimum atomic E-state index is -3.33. The van der Waals surface area contributed by atoms with Gasteiger partial charge in [0.05, 0.1) is 5.75 Å². The van der Waals surface area contributed by atoms with Crippen molar-refractivity contribution in [1.29, 1.82) is 0 Å². The summed E-state index contributed by atoms with van der Waals surface area (Å²) in [4.78, 5) is 0.191. The molecule has 1 saturated carbocycles. The lowest BCUT2D eigenvalue weighted by atomic mass is 9.80. The van der Waals surface area contributed by atoms with Crippen LogP contribution in [0.5, 0.6) is 0 Å². The Morgan fingerprint density at radius 3 is 2.45 bits per heavy atom. The monoisotopic (exact) mass is 317 g/mol. The molecule has 1 aliphatic rings. The molecule has 7 heteroatoms. The first-order valence-corrected chi connectivity index (χ1v) is 9.50. The number of hydrogen-bond acceptors (Lipinski definition) is 6. The van der Waals surface area contributed by atoms with Crippen LogP contribution in [0.4, 0.5) is 10.8 Å². The normalized spacial score (nSPS) is 27.4. The molecule has 1 aromatic heterocycles. The molecule has 1 heterocycles. The van der Waals surface area contributed by atoms with Crippen molar-refractivity contribution in [2.75, 3.05) is 16.8 Å². The highest BCUT2D eigenvalue weighted by molar-refractivity contribution is 7.91. The van der Waals surface area contributed by atoms with Gasteiger partial charge in [-0.25, -0.2) is 8.42 Å².